The van der Waals surface area contributed by atoms with Crippen LogP contribution < -0.4 is 10.1 Å². The fraction of sp³-hybridized carbons (Fsp3) is 0.286. The molecule has 0 saturated heterocycles. The number of amides is 1. The zero-order valence-electron chi connectivity index (χ0n) is 15.4. The monoisotopic (exact) mass is 413 g/mol. The van der Waals surface area contributed by atoms with Gasteiger partial charge < -0.3 is 4.74 Å². The van der Waals surface area contributed by atoms with Crippen LogP contribution >= 0.6 is 22.9 Å². The number of anilines is 1. The predicted molar refractivity (Wildman–Crippen MR) is 112 cm³/mol. The molecule has 144 valence electrons. The van der Waals surface area contributed by atoms with E-state index in [0.29, 0.717) is 10.2 Å². The molecule has 0 bridgehead atoms. The average molecular weight is 414 g/mol. The van der Waals surface area contributed by atoms with Gasteiger partial charge in [0.2, 0.25) is 5.13 Å². The number of ether oxygens (including phenoxy) is 1. The first-order chi connectivity index (χ1) is 13.6. The third-order valence-electron chi connectivity index (χ3n) is 4.77. The van der Waals surface area contributed by atoms with E-state index in [2.05, 4.69) is 21.6 Å². The van der Waals surface area contributed by atoms with Gasteiger partial charge >= 0.3 is 0 Å². The molecule has 1 aromatic heterocycles. The van der Waals surface area contributed by atoms with Gasteiger partial charge in [-0.05, 0) is 61.9 Å². The maximum atomic E-state index is 12.6. The fourth-order valence-corrected chi connectivity index (χ4v) is 4.17. The Hall–Kier alpha value is -2.44. The van der Waals surface area contributed by atoms with Crippen molar-refractivity contribution in [2.24, 2.45) is 0 Å². The standard InChI is InChI=1S/C21H20ClN3O2S/c1-13(27-18-8-4-6-14-5-2-3-7-17(14)18)19(26)23-21-25-24-20(28-21)15-9-11-16(22)12-10-15/h4,6,8-13H,2-3,5,7H2,1H3,(H,23,25,26). The second-order valence-corrected chi connectivity index (χ2v) is 8.18. The molecule has 1 N–H and O–H groups in total. The molecule has 0 saturated carbocycles. The number of rotatable bonds is 5. The van der Waals surface area contributed by atoms with Gasteiger partial charge in [0.05, 0.1) is 0 Å². The number of fused-ring (bicyclic) bond motifs is 1. The summed E-state index contributed by atoms with van der Waals surface area (Å²) in [5, 5.41) is 12.8. The van der Waals surface area contributed by atoms with Crippen LogP contribution in [-0.4, -0.2) is 22.2 Å². The highest BCUT2D eigenvalue weighted by Gasteiger charge is 2.20. The first-order valence-corrected chi connectivity index (χ1v) is 10.5. The smallest absolute Gasteiger partial charge is 0.266 e. The molecule has 1 amide bonds. The number of carbonyl (C=O) groups excluding carboxylic acids is 1. The summed E-state index contributed by atoms with van der Waals surface area (Å²) >= 11 is 7.23. The minimum Gasteiger partial charge on any atom is -0.481 e. The number of aryl methyl sites for hydroxylation is 1. The fourth-order valence-electron chi connectivity index (χ4n) is 3.29. The topological polar surface area (TPSA) is 64.1 Å². The van der Waals surface area contributed by atoms with E-state index in [1.807, 2.05) is 24.3 Å². The number of aromatic nitrogens is 2. The highest BCUT2D eigenvalue weighted by atomic mass is 35.5. The summed E-state index contributed by atoms with van der Waals surface area (Å²) in [7, 11) is 0. The van der Waals surface area contributed by atoms with E-state index in [9.17, 15) is 4.79 Å². The van der Waals surface area contributed by atoms with Crippen LogP contribution in [0.15, 0.2) is 42.5 Å². The quantitative estimate of drug-likeness (QED) is 0.628. The number of halogens is 1. The molecule has 3 aromatic rings. The van der Waals surface area contributed by atoms with E-state index in [-0.39, 0.29) is 5.91 Å². The number of nitrogens with zero attached hydrogens (tertiary/aromatic N) is 2. The van der Waals surface area contributed by atoms with E-state index < -0.39 is 6.10 Å². The molecule has 1 aliphatic rings. The van der Waals surface area contributed by atoms with Gasteiger partial charge in [0.25, 0.3) is 5.91 Å². The molecule has 0 fully saturated rings. The van der Waals surface area contributed by atoms with Crippen LogP contribution in [0.3, 0.4) is 0 Å². The SMILES string of the molecule is CC(Oc1cccc2c1CCCC2)C(=O)Nc1nnc(-c2ccc(Cl)cc2)s1. The lowest BCUT2D eigenvalue weighted by molar-refractivity contribution is -0.122. The third kappa shape index (κ3) is 4.18. The molecule has 0 spiro atoms. The summed E-state index contributed by atoms with van der Waals surface area (Å²) in [6.45, 7) is 1.75. The normalized spacial score (nSPS) is 14.2. The van der Waals surface area contributed by atoms with Crippen molar-refractivity contribution in [2.45, 2.75) is 38.7 Å². The van der Waals surface area contributed by atoms with Crippen molar-refractivity contribution in [3.63, 3.8) is 0 Å². The van der Waals surface area contributed by atoms with Crippen molar-refractivity contribution >= 4 is 34.0 Å². The van der Waals surface area contributed by atoms with Gasteiger partial charge in [-0.15, -0.1) is 10.2 Å². The van der Waals surface area contributed by atoms with Gasteiger partial charge in [-0.3, -0.25) is 10.1 Å². The summed E-state index contributed by atoms with van der Waals surface area (Å²) in [5.74, 6) is 0.561. The predicted octanol–water partition coefficient (Wildman–Crippen LogP) is 5.14. The Morgan fingerprint density at radius 1 is 1.14 bits per heavy atom. The van der Waals surface area contributed by atoms with Gasteiger partial charge in [-0.2, -0.15) is 0 Å². The Balaban J connectivity index is 1.42. The van der Waals surface area contributed by atoms with E-state index >= 15 is 0 Å². The Kier molecular flexibility index (Phi) is 5.59. The number of nitrogens with one attached hydrogen (secondary N) is 1. The lowest BCUT2D eigenvalue weighted by Gasteiger charge is -2.21. The Morgan fingerprint density at radius 2 is 1.93 bits per heavy atom. The molecular formula is C21H20ClN3O2S. The highest BCUT2D eigenvalue weighted by Crippen LogP contribution is 2.31. The van der Waals surface area contributed by atoms with E-state index in [4.69, 9.17) is 16.3 Å². The molecule has 2 aromatic carbocycles. The molecule has 7 heteroatoms. The van der Waals surface area contributed by atoms with Crippen molar-refractivity contribution in [2.75, 3.05) is 5.32 Å². The molecule has 28 heavy (non-hydrogen) atoms. The lowest BCUT2D eigenvalue weighted by atomic mass is 9.91. The van der Waals surface area contributed by atoms with Crippen LogP contribution in [0.2, 0.25) is 5.02 Å². The van der Waals surface area contributed by atoms with Crippen LogP contribution in [0.1, 0.15) is 30.9 Å². The largest absolute Gasteiger partial charge is 0.481 e. The van der Waals surface area contributed by atoms with E-state index in [1.54, 1.807) is 19.1 Å². The van der Waals surface area contributed by atoms with Crippen LogP contribution in [-0.2, 0) is 17.6 Å². The van der Waals surface area contributed by atoms with Gasteiger partial charge in [0.1, 0.15) is 10.8 Å². The molecule has 0 aliphatic heterocycles. The lowest BCUT2D eigenvalue weighted by Crippen LogP contribution is -2.30. The molecular weight excluding hydrogens is 394 g/mol. The molecule has 1 unspecified atom stereocenters. The Bertz CT molecular complexity index is 988. The highest BCUT2D eigenvalue weighted by molar-refractivity contribution is 7.18. The summed E-state index contributed by atoms with van der Waals surface area (Å²) in [5.41, 5.74) is 3.46. The van der Waals surface area contributed by atoms with Crippen molar-refractivity contribution in [3.05, 3.63) is 58.6 Å². The number of carbonyl (C=O) groups is 1. The van der Waals surface area contributed by atoms with Crippen LogP contribution in [0.25, 0.3) is 10.6 Å². The molecule has 1 aliphatic carbocycles. The summed E-state index contributed by atoms with van der Waals surface area (Å²) in [6.07, 6.45) is 3.81. The summed E-state index contributed by atoms with van der Waals surface area (Å²) in [4.78, 5) is 12.6. The zero-order chi connectivity index (χ0) is 19.5. The van der Waals surface area contributed by atoms with Crippen LogP contribution in [0.4, 0.5) is 5.13 Å². The third-order valence-corrected chi connectivity index (χ3v) is 5.91. The van der Waals surface area contributed by atoms with E-state index in [0.717, 1.165) is 35.6 Å². The Labute approximate surface area is 172 Å². The first-order valence-electron chi connectivity index (χ1n) is 9.28. The molecule has 1 heterocycles. The average Bonchev–Trinajstić information content (AvgIpc) is 3.17. The van der Waals surface area contributed by atoms with Crippen molar-refractivity contribution in [1.29, 1.82) is 0 Å². The van der Waals surface area contributed by atoms with Crippen molar-refractivity contribution in [3.8, 4) is 16.3 Å². The van der Waals surface area contributed by atoms with Crippen LogP contribution in [0, 0.1) is 0 Å². The van der Waals surface area contributed by atoms with Crippen molar-refractivity contribution in [1.82, 2.24) is 10.2 Å². The maximum Gasteiger partial charge on any atom is 0.266 e. The molecule has 1 atom stereocenters. The summed E-state index contributed by atoms with van der Waals surface area (Å²) < 4.78 is 5.98. The second kappa shape index (κ2) is 8.29. The van der Waals surface area contributed by atoms with Gasteiger partial charge in [0.15, 0.2) is 6.10 Å². The minimum atomic E-state index is -0.628. The van der Waals surface area contributed by atoms with Gasteiger partial charge in [-0.1, -0.05) is 47.2 Å². The minimum absolute atomic E-state index is 0.243. The molecule has 5 nitrogen and oxygen atoms in total. The van der Waals surface area contributed by atoms with Crippen LogP contribution in [0.5, 0.6) is 5.75 Å². The molecule has 4 rings (SSSR count). The second-order valence-electron chi connectivity index (χ2n) is 6.77. The van der Waals surface area contributed by atoms with Crippen molar-refractivity contribution < 1.29 is 9.53 Å². The maximum absolute atomic E-state index is 12.6. The first kappa shape index (κ1) is 18.9. The molecule has 0 radical (unpaired) electrons. The van der Waals surface area contributed by atoms with Gasteiger partial charge in [-0.25, -0.2) is 0 Å². The number of hydrogen-bond acceptors (Lipinski definition) is 5. The number of benzene rings is 2. The van der Waals surface area contributed by atoms with E-state index in [1.165, 1.54) is 28.9 Å². The summed E-state index contributed by atoms with van der Waals surface area (Å²) in [6, 6.07) is 13.4. The van der Waals surface area contributed by atoms with Gasteiger partial charge in [0, 0.05) is 10.6 Å². The number of hydrogen-bond donors (Lipinski definition) is 1. The Morgan fingerprint density at radius 3 is 2.75 bits per heavy atom. The zero-order valence-corrected chi connectivity index (χ0v) is 17.0.